The maximum absolute atomic E-state index is 6.02. The molecule has 0 aliphatic rings. The van der Waals surface area contributed by atoms with Gasteiger partial charge in [-0.25, -0.2) is 0 Å². The van der Waals surface area contributed by atoms with Gasteiger partial charge in [0.1, 0.15) is 4.34 Å². The van der Waals surface area contributed by atoms with E-state index in [2.05, 4.69) is 48.1 Å². The SMILES string of the molecule is CC(CCNC(C)C)CCc1cc(Br)c(Cl)s1. The number of aryl methyl sites for hydroxylation is 1. The zero-order valence-corrected chi connectivity index (χ0v) is 13.9. The summed E-state index contributed by atoms with van der Waals surface area (Å²) in [6, 6.07) is 2.74. The molecular weight excluding hydrogens is 318 g/mol. The average molecular weight is 339 g/mol. The molecule has 0 spiro atoms. The van der Waals surface area contributed by atoms with Crippen molar-refractivity contribution in [2.24, 2.45) is 5.92 Å². The molecule has 1 heterocycles. The predicted molar refractivity (Wildman–Crippen MR) is 82.3 cm³/mol. The summed E-state index contributed by atoms with van der Waals surface area (Å²) < 4.78 is 1.91. The number of rotatable bonds is 7. The Morgan fingerprint density at radius 3 is 2.59 bits per heavy atom. The zero-order valence-electron chi connectivity index (χ0n) is 10.7. The Morgan fingerprint density at radius 1 is 1.35 bits per heavy atom. The second-order valence-electron chi connectivity index (χ2n) is 4.88. The summed E-state index contributed by atoms with van der Waals surface area (Å²) in [6.07, 6.45) is 3.63. The number of halogens is 2. The van der Waals surface area contributed by atoms with Gasteiger partial charge in [-0.3, -0.25) is 0 Å². The molecule has 0 saturated heterocycles. The molecule has 1 rings (SSSR count). The van der Waals surface area contributed by atoms with Crippen molar-refractivity contribution in [1.29, 1.82) is 0 Å². The first-order valence-electron chi connectivity index (χ1n) is 6.16. The lowest BCUT2D eigenvalue weighted by atomic mass is 10.0. The standard InChI is InChI=1S/C13H21BrClNS/c1-9(2)16-7-6-10(3)4-5-11-8-12(14)13(15)17-11/h8-10,16H,4-7H2,1-3H3. The highest BCUT2D eigenvalue weighted by molar-refractivity contribution is 9.10. The van der Waals surface area contributed by atoms with E-state index < -0.39 is 0 Å². The normalized spacial score (nSPS) is 13.3. The second-order valence-corrected chi connectivity index (χ2v) is 7.47. The first kappa shape index (κ1) is 15.5. The van der Waals surface area contributed by atoms with Crippen LogP contribution in [0.15, 0.2) is 10.5 Å². The fraction of sp³-hybridized carbons (Fsp3) is 0.692. The predicted octanol–water partition coefficient (Wildman–Crippen LogP) is 5.12. The molecule has 0 bridgehead atoms. The topological polar surface area (TPSA) is 12.0 Å². The molecule has 0 radical (unpaired) electrons. The number of thiophene rings is 1. The van der Waals surface area contributed by atoms with Crippen molar-refractivity contribution < 1.29 is 0 Å². The van der Waals surface area contributed by atoms with Crippen LogP contribution in [-0.4, -0.2) is 12.6 Å². The number of hydrogen-bond donors (Lipinski definition) is 1. The Kier molecular flexibility index (Phi) is 7.08. The van der Waals surface area contributed by atoms with Crippen LogP contribution in [0.5, 0.6) is 0 Å². The maximum atomic E-state index is 6.02. The summed E-state index contributed by atoms with van der Waals surface area (Å²) in [6.45, 7) is 7.83. The van der Waals surface area contributed by atoms with Gasteiger partial charge in [-0.05, 0) is 53.7 Å². The molecule has 98 valence electrons. The van der Waals surface area contributed by atoms with E-state index in [1.54, 1.807) is 11.3 Å². The molecule has 1 N–H and O–H groups in total. The zero-order chi connectivity index (χ0) is 12.8. The first-order chi connectivity index (χ1) is 7.99. The molecule has 1 nitrogen and oxygen atoms in total. The van der Waals surface area contributed by atoms with Gasteiger partial charge in [-0.15, -0.1) is 11.3 Å². The third-order valence-corrected chi connectivity index (χ3v) is 5.30. The van der Waals surface area contributed by atoms with E-state index in [9.17, 15) is 0 Å². The molecule has 0 saturated carbocycles. The average Bonchev–Trinajstić information content (AvgIpc) is 2.55. The fourth-order valence-corrected chi connectivity index (χ4v) is 3.47. The van der Waals surface area contributed by atoms with E-state index in [1.807, 2.05) is 0 Å². The lowest BCUT2D eigenvalue weighted by Gasteiger charge is -2.13. The molecule has 1 unspecified atom stereocenters. The summed E-state index contributed by atoms with van der Waals surface area (Å²) in [4.78, 5) is 1.38. The highest BCUT2D eigenvalue weighted by atomic mass is 79.9. The molecule has 0 fully saturated rings. The van der Waals surface area contributed by atoms with Crippen LogP contribution in [0.3, 0.4) is 0 Å². The van der Waals surface area contributed by atoms with Crippen LogP contribution in [0.4, 0.5) is 0 Å². The Bertz CT molecular complexity index is 319. The monoisotopic (exact) mass is 337 g/mol. The summed E-state index contributed by atoms with van der Waals surface area (Å²) in [5, 5.41) is 3.46. The van der Waals surface area contributed by atoms with Gasteiger partial charge in [-0.1, -0.05) is 32.4 Å². The maximum Gasteiger partial charge on any atom is 0.107 e. The minimum absolute atomic E-state index is 0.592. The third-order valence-electron chi connectivity index (χ3n) is 2.77. The van der Waals surface area contributed by atoms with Crippen LogP contribution in [0.1, 0.15) is 38.5 Å². The molecule has 17 heavy (non-hydrogen) atoms. The van der Waals surface area contributed by atoms with Gasteiger partial charge in [0.15, 0.2) is 0 Å². The van der Waals surface area contributed by atoms with Gasteiger partial charge < -0.3 is 5.32 Å². The Morgan fingerprint density at radius 2 is 2.06 bits per heavy atom. The molecule has 1 aromatic rings. The van der Waals surface area contributed by atoms with Crippen molar-refractivity contribution >= 4 is 38.9 Å². The molecule has 1 atom stereocenters. The summed E-state index contributed by atoms with van der Waals surface area (Å²) in [5.41, 5.74) is 0. The van der Waals surface area contributed by atoms with E-state index >= 15 is 0 Å². The van der Waals surface area contributed by atoms with Gasteiger partial charge in [0, 0.05) is 15.4 Å². The Hall–Kier alpha value is 0.430. The summed E-state index contributed by atoms with van der Waals surface area (Å²) in [5.74, 6) is 0.765. The Labute approximate surface area is 122 Å². The van der Waals surface area contributed by atoms with Crippen molar-refractivity contribution in [1.82, 2.24) is 5.32 Å². The molecule has 0 aromatic carbocycles. The minimum Gasteiger partial charge on any atom is -0.315 e. The largest absolute Gasteiger partial charge is 0.315 e. The molecular formula is C13H21BrClNS. The van der Waals surface area contributed by atoms with Gasteiger partial charge in [0.05, 0.1) is 0 Å². The molecule has 1 aromatic heterocycles. The van der Waals surface area contributed by atoms with Crippen LogP contribution in [0.25, 0.3) is 0 Å². The van der Waals surface area contributed by atoms with Gasteiger partial charge in [0.25, 0.3) is 0 Å². The van der Waals surface area contributed by atoms with Crippen molar-refractivity contribution in [2.75, 3.05) is 6.54 Å². The van der Waals surface area contributed by atoms with E-state index in [1.165, 1.54) is 17.7 Å². The second kappa shape index (κ2) is 7.78. The van der Waals surface area contributed by atoms with E-state index in [0.29, 0.717) is 6.04 Å². The minimum atomic E-state index is 0.592. The molecule has 0 aliphatic carbocycles. The summed E-state index contributed by atoms with van der Waals surface area (Å²) >= 11 is 11.2. The summed E-state index contributed by atoms with van der Waals surface area (Å²) in [7, 11) is 0. The van der Waals surface area contributed by atoms with Crippen LogP contribution in [-0.2, 0) is 6.42 Å². The van der Waals surface area contributed by atoms with Crippen LogP contribution in [0, 0.1) is 5.92 Å². The van der Waals surface area contributed by atoms with Crippen molar-refractivity contribution in [3.8, 4) is 0 Å². The lowest BCUT2D eigenvalue weighted by Crippen LogP contribution is -2.24. The van der Waals surface area contributed by atoms with Gasteiger partial charge in [0.2, 0.25) is 0 Å². The van der Waals surface area contributed by atoms with E-state index in [4.69, 9.17) is 11.6 Å². The van der Waals surface area contributed by atoms with Crippen molar-refractivity contribution in [2.45, 2.75) is 46.1 Å². The lowest BCUT2D eigenvalue weighted by molar-refractivity contribution is 0.455. The first-order valence-corrected chi connectivity index (χ1v) is 8.15. The molecule has 0 aliphatic heterocycles. The fourth-order valence-electron chi connectivity index (χ4n) is 1.67. The van der Waals surface area contributed by atoms with Gasteiger partial charge >= 0.3 is 0 Å². The number of hydrogen-bond acceptors (Lipinski definition) is 2. The van der Waals surface area contributed by atoms with Crippen LogP contribution >= 0.6 is 38.9 Å². The van der Waals surface area contributed by atoms with Crippen molar-refractivity contribution in [3.63, 3.8) is 0 Å². The van der Waals surface area contributed by atoms with Crippen LogP contribution < -0.4 is 5.32 Å². The van der Waals surface area contributed by atoms with Crippen LogP contribution in [0.2, 0.25) is 4.34 Å². The molecule has 0 amide bonds. The van der Waals surface area contributed by atoms with E-state index in [0.717, 1.165) is 27.7 Å². The highest BCUT2D eigenvalue weighted by Crippen LogP contribution is 2.33. The quantitative estimate of drug-likeness (QED) is 0.727. The highest BCUT2D eigenvalue weighted by Gasteiger charge is 2.07. The van der Waals surface area contributed by atoms with Crippen molar-refractivity contribution in [3.05, 3.63) is 19.8 Å². The Balaban J connectivity index is 2.21. The van der Waals surface area contributed by atoms with E-state index in [-0.39, 0.29) is 0 Å². The third kappa shape index (κ3) is 6.23. The van der Waals surface area contributed by atoms with Gasteiger partial charge in [-0.2, -0.15) is 0 Å². The smallest absolute Gasteiger partial charge is 0.107 e. The number of nitrogens with one attached hydrogen (secondary N) is 1. The molecule has 4 heteroatoms.